The average molecular weight is 288 g/mol. The number of benzene rings is 1. The van der Waals surface area contributed by atoms with Gasteiger partial charge in [0.05, 0.1) is 22.5 Å². The number of carbonyl (C=O) groups is 1. The van der Waals surface area contributed by atoms with Crippen LogP contribution in [0.3, 0.4) is 0 Å². The number of phenolic OH excluding ortho intramolecular Hbond substituents is 1. The Hall–Kier alpha value is -2.71. The Labute approximate surface area is 120 Å². The van der Waals surface area contributed by atoms with Crippen molar-refractivity contribution in [2.75, 3.05) is 5.32 Å². The number of primary amides is 1. The quantitative estimate of drug-likeness (QED) is 0.459. The molecule has 6 heteroatoms. The lowest BCUT2D eigenvalue weighted by Crippen LogP contribution is -2.13. The van der Waals surface area contributed by atoms with Crippen LogP contribution in [0.1, 0.15) is 15.9 Å². The van der Waals surface area contributed by atoms with Crippen molar-refractivity contribution in [3.8, 4) is 18.1 Å². The number of hydrogen-bond acceptors (Lipinski definition) is 4. The van der Waals surface area contributed by atoms with Gasteiger partial charge in [0.25, 0.3) is 5.91 Å². The van der Waals surface area contributed by atoms with E-state index < -0.39 is 5.91 Å². The zero-order valence-corrected chi connectivity index (χ0v) is 11.0. The number of halogens is 1. The van der Waals surface area contributed by atoms with E-state index in [-0.39, 0.29) is 16.5 Å². The highest BCUT2D eigenvalue weighted by atomic mass is 35.5. The first-order chi connectivity index (χ1) is 9.52. The smallest absolute Gasteiger partial charge is 0.252 e. The third-order valence-electron chi connectivity index (χ3n) is 2.60. The van der Waals surface area contributed by atoms with E-state index >= 15 is 0 Å². The number of carbonyl (C=O) groups excluding carboxylic acids is 1. The molecule has 0 fully saturated rings. The molecule has 1 aromatic heterocycles. The standard InChI is InChI=1S/C14H10ClN3O2/c1-2-8-4-3-5-10(13(8)19)18-11-6-12(15)17-7-9(11)14(16)20/h1,3-7,19H,(H2,16,20)(H,17,18). The summed E-state index contributed by atoms with van der Waals surface area (Å²) in [5.41, 5.74) is 6.41. The predicted molar refractivity (Wildman–Crippen MR) is 77.1 cm³/mol. The van der Waals surface area contributed by atoms with Gasteiger partial charge in [-0.2, -0.15) is 0 Å². The molecule has 20 heavy (non-hydrogen) atoms. The summed E-state index contributed by atoms with van der Waals surface area (Å²) in [6.07, 6.45) is 6.53. The van der Waals surface area contributed by atoms with Crippen LogP contribution >= 0.6 is 11.6 Å². The van der Waals surface area contributed by atoms with E-state index in [4.69, 9.17) is 23.8 Å². The third kappa shape index (κ3) is 2.66. The van der Waals surface area contributed by atoms with E-state index in [1.807, 2.05) is 0 Å². The Balaban J connectivity index is 2.48. The molecular formula is C14H10ClN3O2. The molecule has 4 N–H and O–H groups in total. The SMILES string of the molecule is C#Cc1cccc(Nc2cc(Cl)ncc2C(N)=O)c1O. The van der Waals surface area contributed by atoms with Crippen LogP contribution < -0.4 is 11.1 Å². The van der Waals surface area contributed by atoms with Crippen molar-refractivity contribution < 1.29 is 9.90 Å². The number of hydrogen-bond donors (Lipinski definition) is 3. The Morgan fingerprint density at radius 3 is 2.85 bits per heavy atom. The molecule has 2 aromatic rings. The van der Waals surface area contributed by atoms with Gasteiger partial charge in [-0.3, -0.25) is 4.79 Å². The van der Waals surface area contributed by atoms with E-state index in [9.17, 15) is 9.90 Å². The number of para-hydroxylation sites is 1. The van der Waals surface area contributed by atoms with Crippen molar-refractivity contribution in [1.82, 2.24) is 4.98 Å². The number of pyridine rings is 1. The second kappa shape index (κ2) is 5.51. The minimum atomic E-state index is -0.663. The van der Waals surface area contributed by atoms with Gasteiger partial charge >= 0.3 is 0 Å². The maximum atomic E-state index is 11.3. The molecule has 0 radical (unpaired) electrons. The summed E-state index contributed by atoms with van der Waals surface area (Å²) in [6, 6.07) is 6.30. The molecule has 1 amide bonds. The Kier molecular flexibility index (Phi) is 3.78. The average Bonchev–Trinajstić information content (AvgIpc) is 2.41. The van der Waals surface area contributed by atoms with Crippen molar-refractivity contribution >= 4 is 28.9 Å². The first kappa shape index (κ1) is 13.7. The number of aromatic nitrogens is 1. The molecule has 1 aromatic carbocycles. The van der Waals surface area contributed by atoms with Gasteiger partial charge in [0, 0.05) is 6.20 Å². The van der Waals surface area contributed by atoms with E-state index in [0.29, 0.717) is 16.9 Å². The van der Waals surface area contributed by atoms with Gasteiger partial charge in [0.2, 0.25) is 0 Å². The number of nitrogens with two attached hydrogens (primary N) is 1. The highest BCUT2D eigenvalue weighted by Crippen LogP contribution is 2.31. The van der Waals surface area contributed by atoms with Crippen LogP contribution in [0.15, 0.2) is 30.5 Å². The number of rotatable bonds is 3. The molecule has 5 nitrogen and oxygen atoms in total. The van der Waals surface area contributed by atoms with Crippen molar-refractivity contribution in [1.29, 1.82) is 0 Å². The molecular weight excluding hydrogens is 278 g/mol. The number of phenols is 1. The molecule has 1 heterocycles. The molecule has 0 saturated heterocycles. The molecule has 0 spiro atoms. The molecule has 2 rings (SSSR count). The van der Waals surface area contributed by atoms with Crippen LogP contribution in [0.5, 0.6) is 5.75 Å². The summed E-state index contributed by atoms with van der Waals surface area (Å²) >= 11 is 5.79. The number of amides is 1. The van der Waals surface area contributed by atoms with E-state index in [0.717, 1.165) is 0 Å². The minimum Gasteiger partial charge on any atom is -0.505 e. The van der Waals surface area contributed by atoms with Crippen LogP contribution in [-0.4, -0.2) is 16.0 Å². The summed E-state index contributed by atoms with van der Waals surface area (Å²) in [4.78, 5) is 15.1. The molecule has 0 aliphatic heterocycles. The molecule has 0 atom stereocenters. The number of nitrogens with zero attached hydrogens (tertiary/aromatic N) is 1. The van der Waals surface area contributed by atoms with Gasteiger partial charge in [-0.15, -0.1) is 6.42 Å². The fourth-order valence-corrected chi connectivity index (χ4v) is 1.79. The summed E-state index contributed by atoms with van der Waals surface area (Å²) in [5, 5.41) is 13.0. The highest BCUT2D eigenvalue weighted by molar-refractivity contribution is 6.29. The molecule has 0 bridgehead atoms. The van der Waals surface area contributed by atoms with Gasteiger partial charge in [-0.25, -0.2) is 4.98 Å². The number of nitrogens with one attached hydrogen (secondary N) is 1. The zero-order valence-electron chi connectivity index (χ0n) is 10.2. The van der Waals surface area contributed by atoms with Crippen molar-refractivity contribution in [3.05, 3.63) is 46.7 Å². The van der Waals surface area contributed by atoms with Gasteiger partial charge in [-0.05, 0) is 18.2 Å². The lowest BCUT2D eigenvalue weighted by Gasteiger charge is -2.12. The molecule has 0 unspecified atom stereocenters. The topological polar surface area (TPSA) is 88.2 Å². The maximum Gasteiger partial charge on any atom is 0.252 e. The van der Waals surface area contributed by atoms with Gasteiger partial charge in [0.15, 0.2) is 5.75 Å². The molecule has 0 aliphatic carbocycles. The van der Waals surface area contributed by atoms with Crippen LogP contribution in [0.2, 0.25) is 5.15 Å². The Morgan fingerprint density at radius 1 is 1.45 bits per heavy atom. The van der Waals surface area contributed by atoms with Gasteiger partial charge in [0.1, 0.15) is 5.15 Å². The normalized spacial score (nSPS) is 9.80. The maximum absolute atomic E-state index is 11.3. The number of terminal acetylenes is 1. The summed E-state index contributed by atoms with van der Waals surface area (Å²) in [6.45, 7) is 0. The monoisotopic (exact) mass is 287 g/mol. The van der Waals surface area contributed by atoms with Crippen LogP contribution in [0.4, 0.5) is 11.4 Å². The van der Waals surface area contributed by atoms with Gasteiger partial charge < -0.3 is 16.2 Å². The summed E-state index contributed by atoms with van der Waals surface area (Å²) < 4.78 is 0. The summed E-state index contributed by atoms with van der Waals surface area (Å²) in [7, 11) is 0. The van der Waals surface area contributed by atoms with Crippen molar-refractivity contribution in [3.63, 3.8) is 0 Å². The van der Waals surface area contributed by atoms with Crippen LogP contribution in [0.25, 0.3) is 0 Å². The molecule has 0 saturated carbocycles. The lowest BCUT2D eigenvalue weighted by atomic mass is 10.1. The lowest BCUT2D eigenvalue weighted by molar-refractivity contribution is 0.100. The second-order valence-electron chi connectivity index (χ2n) is 3.89. The summed E-state index contributed by atoms with van der Waals surface area (Å²) in [5.74, 6) is 1.59. The van der Waals surface area contributed by atoms with E-state index in [1.54, 1.807) is 18.2 Å². The van der Waals surface area contributed by atoms with Crippen LogP contribution in [0, 0.1) is 12.3 Å². The Bertz CT molecular complexity index is 723. The van der Waals surface area contributed by atoms with E-state index in [2.05, 4.69) is 16.2 Å². The highest BCUT2D eigenvalue weighted by Gasteiger charge is 2.12. The van der Waals surface area contributed by atoms with Gasteiger partial charge in [-0.1, -0.05) is 23.6 Å². The first-order valence-corrected chi connectivity index (χ1v) is 5.91. The van der Waals surface area contributed by atoms with Crippen LogP contribution in [-0.2, 0) is 0 Å². The second-order valence-corrected chi connectivity index (χ2v) is 4.28. The molecule has 100 valence electrons. The fraction of sp³-hybridized carbons (Fsp3) is 0. The first-order valence-electron chi connectivity index (χ1n) is 5.54. The predicted octanol–water partition coefficient (Wildman–Crippen LogP) is 2.26. The minimum absolute atomic E-state index is 0.0987. The number of anilines is 2. The van der Waals surface area contributed by atoms with Crippen molar-refractivity contribution in [2.24, 2.45) is 5.73 Å². The Morgan fingerprint density at radius 2 is 2.20 bits per heavy atom. The largest absolute Gasteiger partial charge is 0.505 e. The third-order valence-corrected chi connectivity index (χ3v) is 2.80. The molecule has 0 aliphatic rings. The van der Waals surface area contributed by atoms with E-state index in [1.165, 1.54) is 12.3 Å². The zero-order chi connectivity index (χ0) is 14.7. The van der Waals surface area contributed by atoms with Crippen molar-refractivity contribution in [2.45, 2.75) is 0 Å². The number of aromatic hydroxyl groups is 1. The fourth-order valence-electron chi connectivity index (χ4n) is 1.64.